The summed E-state index contributed by atoms with van der Waals surface area (Å²) < 4.78 is 39.7. The van der Waals surface area contributed by atoms with Gasteiger partial charge in [0.25, 0.3) is 0 Å². The van der Waals surface area contributed by atoms with Crippen LogP contribution < -0.4 is 5.73 Å². The van der Waals surface area contributed by atoms with E-state index in [9.17, 15) is 22.8 Å². The maximum atomic E-state index is 13.2. The molecule has 5 atom stereocenters. The van der Waals surface area contributed by atoms with Crippen LogP contribution in [0.25, 0.3) is 0 Å². The zero-order chi connectivity index (χ0) is 25.2. The van der Waals surface area contributed by atoms with E-state index in [0.717, 1.165) is 24.0 Å². The number of allylic oxidation sites excluding steroid dienone is 4. The number of nitrogens with two attached hydrogens (primary N) is 1. The summed E-state index contributed by atoms with van der Waals surface area (Å²) in [4.78, 5) is 25.3. The molecule has 5 rings (SSSR count). The number of benzene rings is 1. The lowest BCUT2D eigenvalue weighted by atomic mass is 9.48. The molecule has 2 saturated carbocycles. The van der Waals surface area contributed by atoms with Gasteiger partial charge >= 0.3 is 6.18 Å². The number of ketones is 2. The van der Waals surface area contributed by atoms with Gasteiger partial charge in [-0.3, -0.25) is 9.59 Å². The normalized spacial score (nSPS) is 34.3. The second-order valence-electron chi connectivity index (χ2n) is 10.9. The van der Waals surface area contributed by atoms with Crippen molar-refractivity contribution in [3.8, 4) is 11.8 Å². The average Bonchev–Trinajstić information content (AvgIpc) is 3.10. The number of anilines is 1. The molecule has 6 heteroatoms. The number of rotatable bonds is 2. The maximum absolute atomic E-state index is 13.2. The Hall–Kier alpha value is -2.81. The molecule has 1 aromatic rings. The molecule has 0 spiro atoms. The quantitative estimate of drug-likeness (QED) is 0.398. The third kappa shape index (κ3) is 3.75. The third-order valence-corrected chi connectivity index (χ3v) is 9.29. The van der Waals surface area contributed by atoms with Gasteiger partial charge in [-0.05, 0) is 97.6 Å². The van der Waals surface area contributed by atoms with Crippen LogP contribution in [0.5, 0.6) is 0 Å². The summed E-state index contributed by atoms with van der Waals surface area (Å²) in [6.45, 7) is 3.40. The molecule has 2 N–H and O–H groups in total. The molecule has 0 saturated heterocycles. The van der Waals surface area contributed by atoms with Crippen LogP contribution in [0.3, 0.4) is 0 Å². The first-order valence-electron chi connectivity index (χ1n) is 12.4. The predicted octanol–water partition coefficient (Wildman–Crippen LogP) is 6.31. The minimum atomic E-state index is -4.64. The topological polar surface area (TPSA) is 60.2 Å². The fourth-order valence-corrected chi connectivity index (χ4v) is 7.76. The molecular formula is C29H30F3NO2. The van der Waals surface area contributed by atoms with Gasteiger partial charge in [-0.2, -0.15) is 13.2 Å². The molecule has 0 aliphatic heterocycles. The van der Waals surface area contributed by atoms with Crippen LogP contribution in [0.15, 0.2) is 47.1 Å². The van der Waals surface area contributed by atoms with Crippen molar-refractivity contribution in [2.75, 3.05) is 5.73 Å². The summed E-state index contributed by atoms with van der Waals surface area (Å²) in [5.41, 5.74) is 9.33. The van der Waals surface area contributed by atoms with Crippen molar-refractivity contribution in [1.29, 1.82) is 0 Å². The third-order valence-electron chi connectivity index (χ3n) is 9.29. The van der Waals surface area contributed by atoms with E-state index < -0.39 is 17.0 Å². The van der Waals surface area contributed by atoms with Crippen LogP contribution in [-0.2, 0) is 9.59 Å². The van der Waals surface area contributed by atoms with Gasteiger partial charge in [-0.1, -0.05) is 30.6 Å². The second kappa shape index (κ2) is 8.11. The lowest BCUT2D eigenvalue weighted by Gasteiger charge is -2.54. The van der Waals surface area contributed by atoms with Gasteiger partial charge in [0.05, 0.1) is 5.41 Å². The number of Topliss-reactive ketones (excluding diaryl/α,β-unsaturated/α-hetero) is 1. The molecule has 0 unspecified atom stereocenters. The summed E-state index contributed by atoms with van der Waals surface area (Å²) in [6.07, 6.45) is 1.54. The summed E-state index contributed by atoms with van der Waals surface area (Å²) in [7, 11) is 0. The van der Waals surface area contributed by atoms with Crippen molar-refractivity contribution in [3.05, 3.63) is 52.6 Å². The van der Waals surface area contributed by atoms with E-state index in [1.165, 1.54) is 24.0 Å². The Morgan fingerprint density at radius 1 is 1.11 bits per heavy atom. The predicted molar refractivity (Wildman–Crippen MR) is 128 cm³/mol. The monoisotopic (exact) mass is 481 g/mol. The van der Waals surface area contributed by atoms with Crippen LogP contribution in [0, 0.1) is 34.5 Å². The molecule has 0 aromatic heterocycles. The number of carbonyl (C=O) groups is 2. The van der Waals surface area contributed by atoms with E-state index in [1.807, 2.05) is 31.2 Å². The number of alkyl halides is 3. The summed E-state index contributed by atoms with van der Waals surface area (Å²) in [6, 6.07) is 7.69. The highest BCUT2D eigenvalue weighted by molar-refractivity contribution is 5.93. The van der Waals surface area contributed by atoms with E-state index in [-0.39, 0.29) is 29.3 Å². The molecule has 4 aliphatic carbocycles. The maximum Gasteiger partial charge on any atom is 0.457 e. The number of halogens is 3. The average molecular weight is 482 g/mol. The molecule has 3 nitrogen and oxygen atoms in total. The Kier molecular flexibility index (Phi) is 5.54. The zero-order valence-electron chi connectivity index (χ0n) is 20.1. The van der Waals surface area contributed by atoms with Gasteiger partial charge in [-0.25, -0.2) is 0 Å². The van der Waals surface area contributed by atoms with Gasteiger partial charge in [0.15, 0.2) is 5.78 Å². The number of fused-ring (bicyclic) bond motifs is 4. The van der Waals surface area contributed by atoms with E-state index >= 15 is 0 Å². The molecule has 1 aromatic carbocycles. The largest absolute Gasteiger partial charge is 0.457 e. The van der Waals surface area contributed by atoms with Crippen LogP contribution in [-0.4, -0.2) is 17.7 Å². The fraction of sp³-hybridized carbons (Fsp3) is 0.517. The highest BCUT2D eigenvalue weighted by Crippen LogP contribution is 2.69. The molecule has 4 aliphatic rings. The first-order chi connectivity index (χ1) is 16.4. The molecule has 0 heterocycles. The van der Waals surface area contributed by atoms with Gasteiger partial charge in [0.1, 0.15) is 5.78 Å². The summed E-state index contributed by atoms with van der Waals surface area (Å²) >= 11 is 0. The highest BCUT2D eigenvalue weighted by atomic mass is 19.4. The zero-order valence-corrected chi connectivity index (χ0v) is 20.1. The molecule has 0 radical (unpaired) electrons. The van der Waals surface area contributed by atoms with E-state index in [0.29, 0.717) is 37.8 Å². The lowest BCUT2D eigenvalue weighted by Crippen LogP contribution is -2.50. The van der Waals surface area contributed by atoms with Crippen LogP contribution >= 0.6 is 0 Å². The van der Waals surface area contributed by atoms with Crippen molar-refractivity contribution >= 4 is 17.3 Å². The smallest absolute Gasteiger partial charge is 0.399 e. The Morgan fingerprint density at radius 2 is 1.83 bits per heavy atom. The Balaban J connectivity index is 1.71. The van der Waals surface area contributed by atoms with Crippen molar-refractivity contribution < 1.29 is 22.8 Å². The van der Waals surface area contributed by atoms with Crippen molar-refractivity contribution in [1.82, 2.24) is 0 Å². The fourth-order valence-electron chi connectivity index (χ4n) is 7.76. The van der Waals surface area contributed by atoms with Crippen LogP contribution in [0.2, 0.25) is 0 Å². The van der Waals surface area contributed by atoms with Gasteiger partial charge < -0.3 is 5.73 Å². The Morgan fingerprint density at radius 3 is 2.49 bits per heavy atom. The van der Waals surface area contributed by atoms with Gasteiger partial charge in [0, 0.05) is 23.9 Å². The van der Waals surface area contributed by atoms with Crippen LogP contribution in [0.4, 0.5) is 18.9 Å². The Labute approximate surface area is 204 Å². The highest BCUT2D eigenvalue weighted by Gasteiger charge is 2.65. The lowest BCUT2D eigenvalue weighted by molar-refractivity contribution is -0.130. The van der Waals surface area contributed by atoms with Gasteiger partial charge in [-0.15, -0.1) is 0 Å². The van der Waals surface area contributed by atoms with E-state index in [4.69, 9.17) is 5.73 Å². The number of hydrogen-bond acceptors (Lipinski definition) is 3. The van der Waals surface area contributed by atoms with E-state index in [2.05, 4.69) is 5.92 Å². The van der Waals surface area contributed by atoms with Crippen molar-refractivity contribution in [3.63, 3.8) is 0 Å². The molecule has 35 heavy (non-hydrogen) atoms. The van der Waals surface area contributed by atoms with E-state index in [1.54, 1.807) is 6.08 Å². The first kappa shape index (κ1) is 23.9. The second-order valence-corrected chi connectivity index (χ2v) is 10.9. The molecule has 184 valence electrons. The Bertz CT molecular complexity index is 1210. The molecule has 0 amide bonds. The number of hydrogen-bond donors (Lipinski definition) is 1. The SMILES string of the molecule is CC(=O)[C@@]1(C#CC(F)(F)F)CC[C@H]2[C@@H]3CCC4=CC(=O)CCC4=C3[C@@H](c3ccc(N)cc3)C[C@@]21C. The van der Waals surface area contributed by atoms with Crippen molar-refractivity contribution in [2.24, 2.45) is 22.7 Å². The minimum Gasteiger partial charge on any atom is -0.399 e. The number of carbonyl (C=O) groups excluding carboxylic acids is 2. The standard InChI is InChI=1S/C29H30F3NO2/c1-17(34)28(13-14-29(30,31)32)12-11-25-23-9-5-19-15-21(35)8-10-22(19)26(23)24(16-27(25,28)2)18-3-6-20(33)7-4-18/h3-4,6-7,15,23-25H,5,8-12,16,33H2,1-2H3/t23-,24+,25-,27-,28-/m0/s1. The van der Waals surface area contributed by atoms with Crippen LogP contribution in [0.1, 0.15) is 70.3 Å². The molecular weight excluding hydrogens is 451 g/mol. The summed E-state index contributed by atoms with van der Waals surface area (Å²) in [5.74, 6) is 4.04. The van der Waals surface area contributed by atoms with Gasteiger partial charge in [0.2, 0.25) is 0 Å². The minimum absolute atomic E-state index is 0.0572. The molecule has 2 fully saturated rings. The van der Waals surface area contributed by atoms with Crippen molar-refractivity contribution in [2.45, 2.75) is 70.9 Å². The summed E-state index contributed by atoms with van der Waals surface area (Å²) in [5, 5.41) is 0. The number of nitrogen functional groups attached to an aromatic ring is 1. The molecule has 0 bridgehead atoms. The first-order valence-corrected chi connectivity index (χ1v) is 12.4.